The Morgan fingerprint density at radius 2 is 2.35 bits per heavy atom. The lowest BCUT2D eigenvalue weighted by atomic mass is 9.98. The number of phenolic OH excluding ortho intramolecular Hbond substituents is 1. The van der Waals surface area contributed by atoms with Gasteiger partial charge in [0.2, 0.25) is 5.91 Å². The number of amides is 2. The lowest BCUT2D eigenvalue weighted by molar-refractivity contribution is -0.136. The molecule has 0 radical (unpaired) electrons. The van der Waals surface area contributed by atoms with Gasteiger partial charge in [0, 0.05) is 16.6 Å². The molecular weight excluding hydrogens is 326 g/mol. The normalized spacial score (nSPS) is 18.9. The fourth-order valence-corrected chi connectivity index (χ4v) is 2.27. The zero-order valence-electron chi connectivity index (χ0n) is 10.6. The SMILES string of the molecule is O=C1NCCC[C@H]1C(=O)N/N=C\c1cc(Br)ccc1O. The molecule has 1 saturated heterocycles. The van der Waals surface area contributed by atoms with E-state index in [1.165, 1.54) is 12.3 Å². The Balaban J connectivity index is 1.97. The molecule has 2 rings (SSSR count). The van der Waals surface area contributed by atoms with Crippen molar-refractivity contribution < 1.29 is 14.7 Å². The molecule has 1 aliphatic heterocycles. The van der Waals surface area contributed by atoms with E-state index in [1.807, 2.05) is 0 Å². The summed E-state index contributed by atoms with van der Waals surface area (Å²) in [6, 6.07) is 4.87. The summed E-state index contributed by atoms with van der Waals surface area (Å²) in [4.78, 5) is 23.3. The maximum absolute atomic E-state index is 11.8. The van der Waals surface area contributed by atoms with Crippen LogP contribution < -0.4 is 10.7 Å². The summed E-state index contributed by atoms with van der Waals surface area (Å²) in [6.45, 7) is 0.609. The molecule has 2 amide bonds. The second-order valence-electron chi connectivity index (χ2n) is 4.42. The highest BCUT2D eigenvalue weighted by Gasteiger charge is 2.28. The van der Waals surface area contributed by atoms with Gasteiger partial charge in [-0.25, -0.2) is 5.43 Å². The van der Waals surface area contributed by atoms with E-state index in [9.17, 15) is 14.7 Å². The highest BCUT2D eigenvalue weighted by Crippen LogP contribution is 2.20. The first-order chi connectivity index (χ1) is 9.58. The molecule has 1 atom stereocenters. The van der Waals surface area contributed by atoms with Crippen LogP contribution >= 0.6 is 15.9 Å². The monoisotopic (exact) mass is 339 g/mol. The number of hydrazone groups is 1. The Labute approximate surface area is 124 Å². The van der Waals surface area contributed by atoms with E-state index < -0.39 is 11.8 Å². The lowest BCUT2D eigenvalue weighted by Gasteiger charge is -2.19. The van der Waals surface area contributed by atoms with Crippen LogP contribution in [0.5, 0.6) is 5.75 Å². The summed E-state index contributed by atoms with van der Waals surface area (Å²) in [6.07, 6.45) is 2.63. The number of carbonyl (C=O) groups is 2. The lowest BCUT2D eigenvalue weighted by Crippen LogP contribution is -2.43. The van der Waals surface area contributed by atoms with Crippen molar-refractivity contribution in [2.75, 3.05) is 6.54 Å². The molecule has 0 aliphatic carbocycles. The summed E-state index contributed by atoms with van der Waals surface area (Å²) < 4.78 is 0.787. The zero-order valence-corrected chi connectivity index (χ0v) is 12.2. The molecule has 1 aliphatic rings. The van der Waals surface area contributed by atoms with Crippen molar-refractivity contribution in [3.05, 3.63) is 28.2 Å². The highest BCUT2D eigenvalue weighted by atomic mass is 79.9. The predicted molar refractivity (Wildman–Crippen MR) is 77.3 cm³/mol. The van der Waals surface area contributed by atoms with Gasteiger partial charge in [-0.1, -0.05) is 15.9 Å². The van der Waals surface area contributed by atoms with Gasteiger partial charge in [0.15, 0.2) is 0 Å². The number of carbonyl (C=O) groups excluding carboxylic acids is 2. The number of piperidine rings is 1. The summed E-state index contributed by atoms with van der Waals surface area (Å²) >= 11 is 3.27. The fraction of sp³-hybridized carbons (Fsp3) is 0.308. The van der Waals surface area contributed by atoms with Gasteiger partial charge in [-0.2, -0.15) is 5.10 Å². The van der Waals surface area contributed by atoms with Crippen LogP contribution in [0.25, 0.3) is 0 Å². The quantitative estimate of drug-likeness (QED) is 0.438. The van der Waals surface area contributed by atoms with Gasteiger partial charge >= 0.3 is 0 Å². The number of hydrogen-bond donors (Lipinski definition) is 3. The van der Waals surface area contributed by atoms with E-state index in [0.29, 0.717) is 18.5 Å². The van der Waals surface area contributed by atoms with Gasteiger partial charge in [0.1, 0.15) is 11.7 Å². The van der Waals surface area contributed by atoms with E-state index in [-0.39, 0.29) is 11.7 Å². The van der Waals surface area contributed by atoms with Crippen molar-refractivity contribution in [1.82, 2.24) is 10.7 Å². The van der Waals surface area contributed by atoms with Gasteiger partial charge in [0.05, 0.1) is 6.21 Å². The number of benzene rings is 1. The first kappa shape index (κ1) is 14.5. The molecule has 0 saturated carbocycles. The average Bonchev–Trinajstić information content (AvgIpc) is 2.43. The van der Waals surface area contributed by atoms with E-state index in [4.69, 9.17) is 0 Å². The molecule has 3 N–H and O–H groups in total. The Morgan fingerprint density at radius 3 is 3.10 bits per heavy atom. The van der Waals surface area contributed by atoms with Crippen LogP contribution in [-0.2, 0) is 9.59 Å². The molecule has 1 aromatic rings. The zero-order chi connectivity index (χ0) is 14.5. The minimum Gasteiger partial charge on any atom is -0.507 e. The molecule has 1 heterocycles. The summed E-state index contributed by atoms with van der Waals surface area (Å²) in [7, 11) is 0. The van der Waals surface area contributed by atoms with Crippen molar-refractivity contribution in [2.24, 2.45) is 11.0 Å². The van der Waals surface area contributed by atoms with Crippen LogP contribution in [0.2, 0.25) is 0 Å². The maximum atomic E-state index is 11.8. The Hall–Kier alpha value is -1.89. The van der Waals surface area contributed by atoms with Gasteiger partial charge < -0.3 is 10.4 Å². The van der Waals surface area contributed by atoms with Gasteiger partial charge in [-0.3, -0.25) is 9.59 Å². The van der Waals surface area contributed by atoms with Crippen LogP contribution in [0.3, 0.4) is 0 Å². The number of aromatic hydroxyl groups is 1. The van der Waals surface area contributed by atoms with E-state index in [0.717, 1.165) is 10.9 Å². The molecule has 1 aromatic carbocycles. The summed E-state index contributed by atoms with van der Waals surface area (Å²) in [5, 5.41) is 16.0. The molecule has 0 bridgehead atoms. The Kier molecular flexibility index (Phi) is 4.73. The van der Waals surface area contributed by atoms with Gasteiger partial charge in [0.25, 0.3) is 5.91 Å². The predicted octanol–water partition coefficient (Wildman–Crippen LogP) is 1.13. The van der Waals surface area contributed by atoms with Crippen molar-refractivity contribution in [2.45, 2.75) is 12.8 Å². The summed E-state index contributed by atoms with van der Waals surface area (Å²) in [5.74, 6) is -1.35. The number of nitrogens with zero attached hydrogens (tertiary/aromatic N) is 1. The third-order valence-corrected chi connectivity index (χ3v) is 3.46. The minimum atomic E-state index is -0.697. The standard InChI is InChI=1S/C13H14BrN3O3/c14-9-3-4-11(18)8(6-9)7-16-17-13(20)10-2-1-5-15-12(10)19/h3-4,6-7,10,18H,1-2,5H2,(H,15,19)(H,17,20)/b16-7-/t10-/m1/s1. The Bertz CT molecular complexity index is 560. The Morgan fingerprint density at radius 1 is 1.55 bits per heavy atom. The van der Waals surface area contributed by atoms with E-state index >= 15 is 0 Å². The van der Waals surface area contributed by atoms with Crippen LogP contribution in [0, 0.1) is 5.92 Å². The number of rotatable bonds is 3. The minimum absolute atomic E-state index is 0.0570. The first-order valence-electron chi connectivity index (χ1n) is 6.17. The van der Waals surface area contributed by atoms with Crippen LogP contribution in [0.15, 0.2) is 27.8 Å². The van der Waals surface area contributed by atoms with Crippen molar-refractivity contribution in [1.29, 1.82) is 0 Å². The van der Waals surface area contributed by atoms with Crippen molar-refractivity contribution in [3.63, 3.8) is 0 Å². The van der Waals surface area contributed by atoms with Crippen molar-refractivity contribution >= 4 is 34.0 Å². The smallest absolute Gasteiger partial charge is 0.252 e. The largest absolute Gasteiger partial charge is 0.507 e. The van der Waals surface area contributed by atoms with Gasteiger partial charge in [-0.15, -0.1) is 0 Å². The fourth-order valence-electron chi connectivity index (χ4n) is 1.89. The third-order valence-electron chi connectivity index (χ3n) is 2.97. The van der Waals surface area contributed by atoms with E-state index in [2.05, 4.69) is 31.8 Å². The molecule has 20 heavy (non-hydrogen) atoms. The first-order valence-corrected chi connectivity index (χ1v) is 6.96. The molecule has 7 heteroatoms. The summed E-state index contributed by atoms with van der Waals surface area (Å²) in [5.41, 5.74) is 2.79. The van der Waals surface area contributed by atoms with Crippen LogP contribution in [0.4, 0.5) is 0 Å². The van der Waals surface area contributed by atoms with Crippen LogP contribution in [0.1, 0.15) is 18.4 Å². The average molecular weight is 340 g/mol. The van der Waals surface area contributed by atoms with Crippen molar-refractivity contribution in [3.8, 4) is 5.75 Å². The number of halogens is 1. The molecule has 0 unspecified atom stereocenters. The van der Waals surface area contributed by atoms with E-state index in [1.54, 1.807) is 12.1 Å². The molecule has 0 spiro atoms. The second kappa shape index (κ2) is 6.51. The molecular formula is C13H14BrN3O3. The molecule has 106 valence electrons. The molecule has 0 aromatic heterocycles. The maximum Gasteiger partial charge on any atom is 0.252 e. The molecule has 1 fully saturated rings. The number of hydrogen-bond acceptors (Lipinski definition) is 4. The van der Waals surface area contributed by atoms with Gasteiger partial charge in [-0.05, 0) is 31.0 Å². The second-order valence-corrected chi connectivity index (χ2v) is 5.34. The van der Waals surface area contributed by atoms with Crippen LogP contribution in [-0.4, -0.2) is 29.7 Å². The number of nitrogens with one attached hydrogen (secondary N) is 2. The molecule has 6 nitrogen and oxygen atoms in total. The highest BCUT2D eigenvalue weighted by molar-refractivity contribution is 9.10. The third kappa shape index (κ3) is 3.57. The topological polar surface area (TPSA) is 90.8 Å². The number of phenols is 1.